The number of hydrogen-bond donors (Lipinski definition) is 2. The molecule has 2 nitrogen and oxygen atoms in total. The molecule has 2 bridgehead atoms. The van der Waals surface area contributed by atoms with Gasteiger partial charge in [-0.15, -0.1) is 0 Å². The molecule has 2 aliphatic rings. The first-order valence-corrected chi connectivity index (χ1v) is 6.36. The van der Waals surface area contributed by atoms with Gasteiger partial charge in [0.15, 0.2) is 0 Å². The SMILES string of the molecule is C[C@@]12N[C@H](c3ccccc31)[C@H](O)c1ccccc12. The monoisotopic (exact) mass is 237 g/mol. The predicted molar refractivity (Wildman–Crippen MR) is 70.2 cm³/mol. The van der Waals surface area contributed by atoms with Crippen molar-refractivity contribution >= 4 is 0 Å². The summed E-state index contributed by atoms with van der Waals surface area (Å²) in [6.45, 7) is 2.20. The first kappa shape index (κ1) is 10.3. The Balaban J connectivity index is 2.08. The molecule has 18 heavy (non-hydrogen) atoms. The molecule has 0 saturated heterocycles. The standard InChI is InChI=1S/C16H15NO/c1-16-12-8-4-2-6-10(12)14(17-16)15(18)11-7-3-5-9-13(11)16/h2-9,14-15,17-18H,1H3/t14-,15-,16-/m1/s1. The Morgan fingerprint density at radius 2 is 1.50 bits per heavy atom. The van der Waals surface area contributed by atoms with Gasteiger partial charge in [0, 0.05) is 0 Å². The fourth-order valence-corrected chi connectivity index (χ4v) is 3.55. The third-order valence-corrected chi connectivity index (χ3v) is 4.41. The summed E-state index contributed by atoms with van der Waals surface area (Å²) in [6, 6.07) is 16.6. The molecule has 0 fully saturated rings. The lowest BCUT2D eigenvalue weighted by Gasteiger charge is -2.37. The summed E-state index contributed by atoms with van der Waals surface area (Å²) in [7, 11) is 0. The summed E-state index contributed by atoms with van der Waals surface area (Å²) in [5.74, 6) is 0. The second-order valence-electron chi connectivity index (χ2n) is 5.37. The molecule has 0 saturated carbocycles. The van der Waals surface area contributed by atoms with Crippen LogP contribution in [-0.4, -0.2) is 5.11 Å². The van der Waals surface area contributed by atoms with Gasteiger partial charge < -0.3 is 5.11 Å². The Labute approximate surface area is 106 Å². The van der Waals surface area contributed by atoms with E-state index >= 15 is 0 Å². The van der Waals surface area contributed by atoms with E-state index in [9.17, 15) is 5.11 Å². The van der Waals surface area contributed by atoms with Gasteiger partial charge >= 0.3 is 0 Å². The van der Waals surface area contributed by atoms with E-state index in [1.807, 2.05) is 24.3 Å². The highest BCUT2D eigenvalue weighted by atomic mass is 16.3. The minimum atomic E-state index is -0.460. The molecule has 0 unspecified atom stereocenters. The van der Waals surface area contributed by atoms with Crippen molar-refractivity contribution in [3.63, 3.8) is 0 Å². The van der Waals surface area contributed by atoms with E-state index in [1.54, 1.807) is 0 Å². The minimum absolute atomic E-state index is 0.0149. The Hall–Kier alpha value is -1.64. The summed E-state index contributed by atoms with van der Waals surface area (Å²) in [4.78, 5) is 0. The van der Waals surface area contributed by atoms with Gasteiger partial charge in [0.1, 0.15) is 0 Å². The second kappa shape index (κ2) is 3.22. The molecule has 0 spiro atoms. The van der Waals surface area contributed by atoms with Crippen LogP contribution in [0.25, 0.3) is 0 Å². The molecule has 0 amide bonds. The molecule has 2 N–H and O–H groups in total. The summed E-state index contributed by atoms with van der Waals surface area (Å²) < 4.78 is 0. The third-order valence-electron chi connectivity index (χ3n) is 4.41. The molecular formula is C16H15NO. The number of benzene rings is 2. The van der Waals surface area contributed by atoms with Gasteiger partial charge in [-0.1, -0.05) is 48.5 Å². The van der Waals surface area contributed by atoms with Crippen molar-refractivity contribution < 1.29 is 5.11 Å². The number of aliphatic hydroxyl groups is 1. The summed E-state index contributed by atoms with van der Waals surface area (Å²) in [5.41, 5.74) is 4.60. The molecule has 4 rings (SSSR count). The molecule has 0 radical (unpaired) electrons. The van der Waals surface area contributed by atoms with Crippen molar-refractivity contribution in [2.24, 2.45) is 0 Å². The van der Waals surface area contributed by atoms with E-state index in [0.717, 1.165) is 5.56 Å². The van der Waals surface area contributed by atoms with Crippen LogP contribution >= 0.6 is 0 Å². The maximum Gasteiger partial charge on any atom is 0.0988 e. The van der Waals surface area contributed by atoms with Crippen molar-refractivity contribution in [1.82, 2.24) is 5.32 Å². The predicted octanol–water partition coefficient (Wildman–Crippen LogP) is 2.64. The molecule has 2 aliphatic heterocycles. The van der Waals surface area contributed by atoms with Gasteiger partial charge in [-0.25, -0.2) is 0 Å². The van der Waals surface area contributed by atoms with Gasteiger partial charge in [0.05, 0.1) is 17.7 Å². The molecule has 2 heteroatoms. The van der Waals surface area contributed by atoms with Crippen LogP contribution in [0, 0.1) is 0 Å². The number of rotatable bonds is 0. The summed E-state index contributed by atoms with van der Waals surface area (Å²) in [5, 5.41) is 14.1. The van der Waals surface area contributed by atoms with Crippen molar-refractivity contribution in [2.45, 2.75) is 24.6 Å². The molecular weight excluding hydrogens is 222 g/mol. The fraction of sp³-hybridized carbons (Fsp3) is 0.250. The van der Waals surface area contributed by atoms with Gasteiger partial charge in [0.25, 0.3) is 0 Å². The average molecular weight is 237 g/mol. The van der Waals surface area contributed by atoms with Gasteiger partial charge in [0.2, 0.25) is 0 Å². The highest BCUT2D eigenvalue weighted by Crippen LogP contribution is 2.52. The maximum absolute atomic E-state index is 10.5. The quantitative estimate of drug-likeness (QED) is 0.738. The first-order valence-electron chi connectivity index (χ1n) is 6.36. The van der Waals surface area contributed by atoms with Crippen molar-refractivity contribution in [1.29, 1.82) is 0 Å². The Morgan fingerprint density at radius 3 is 2.22 bits per heavy atom. The van der Waals surface area contributed by atoms with Crippen LogP contribution in [-0.2, 0) is 5.54 Å². The molecule has 3 atom stereocenters. The van der Waals surface area contributed by atoms with Crippen LogP contribution in [0.15, 0.2) is 48.5 Å². The van der Waals surface area contributed by atoms with E-state index in [0.29, 0.717) is 0 Å². The smallest absolute Gasteiger partial charge is 0.0988 e. The number of fused-ring (bicyclic) bond motifs is 7. The lowest BCUT2D eigenvalue weighted by atomic mass is 9.82. The molecule has 0 aliphatic carbocycles. The first-order chi connectivity index (χ1) is 8.72. The maximum atomic E-state index is 10.5. The van der Waals surface area contributed by atoms with Crippen LogP contribution in [0.3, 0.4) is 0 Å². The summed E-state index contributed by atoms with van der Waals surface area (Å²) in [6.07, 6.45) is -0.460. The highest BCUT2D eigenvalue weighted by Gasteiger charge is 2.49. The van der Waals surface area contributed by atoms with Gasteiger partial charge in [-0.3, -0.25) is 5.32 Å². The Kier molecular flexibility index (Phi) is 1.84. The van der Waals surface area contributed by atoms with E-state index in [4.69, 9.17) is 0 Å². The van der Waals surface area contributed by atoms with Crippen LogP contribution in [0.2, 0.25) is 0 Å². The molecule has 2 aromatic carbocycles. The van der Waals surface area contributed by atoms with Crippen LogP contribution in [0.4, 0.5) is 0 Å². The summed E-state index contributed by atoms with van der Waals surface area (Å²) >= 11 is 0. The van der Waals surface area contributed by atoms with Gasteiger partial charge in [-0.05, 0) is 29.2 Å². The van der Waals surface area contributed by atoms with Crippen LogP contribution < -0.4 is 5.32 Å². The fourth-order valence-electron chi connectivity index (χ4n) is 3.55. The Bertz CT molecular complexity index is 636. The number of hydrogen-bond acceptors (Lipinski definition) is 2. The highest BCUT2D eigenvalue weighted by molar-refractivity contribution is 5.55. The topological polar surface area (TPSA) is 32.3 Å². The van der Waals surface area contributed by atoms with Gasteiger partial charge in [-0.2, -0.15) is 0 Å². The van der Waals surface area contributed by atoms with Crippen LogP contribution in [0.5, 0.6) is 0 Å². The zero-order valence-corrected chi connectivity index (χ0v) is 10.2. The van der Waals surface area contributed by atoms with E-state index in [-0.39, 0.29) is 11.6 Å². The van der Waals surface area contributed by atoms with E-state index < -0.39 is 6.10 Å². The van der Waals surface area contributed by atoms with E-state index in [2.05, 4.69) is 36.5 Å². The van der Waals surface area contributed by atoms with Crippen molar-refractivity contribution in [3.05, 3.63) is 70.8 Å². The molecule has 0 aromatic heterocycles. The minimum Gasteiger partial charge on any atom is -0.386 e. The van der Waals surface area contributed by atoms with Crippen molar-refractivity contribution in [3.8, 4) is 0 Å². The number of nitrogens with one attached hydrogen (secondary N) is 1. The normalized spacial score (nSPS) is 31.9. The molecule has 2 heterocycles. The Morgan fingerprint density at radius 1 is 0.944 bits per heavy atom. The lowest BCUT2D eigenvalue weighted by molar-refractivity contribution is 0.109. The third kappa shape index (κ3) is 1.05. The number of aliphatic hydroxyl groups excluding tert-OH is 1. The van der Waals surface area contributed by atoms with Crippen LogP contribution in [0.1, 0.15) is 41.3 Å². The van der Waals surface area contributed by atoms with Crippen molar-refractivity contribution in [2.75, 3.05) is 0 Å². The largest absolute Gasteiger partial charge is 0.386 e. The second-order valence-corrected chi connectivity index (χ2v) is 5.37. The zero-order chi connectivity index (χ0) is 12.3. The average Bonchev–Trinajstić information content (AvgIpc) is 2.70. The van der Waals surface area contributed by atoms with E-state index in [1.165, 1.54) is 16.7 Å². The zero-order valence-electron chi connectivity index (χ0n) is 10.2. The lowest BCUT2D eigenvalue weighted by Crippen LogP contribution is -2.43. The molecule has 2 aromatic rings. The molecule has 90 valence electrons.